The molecule has 7 heteroatoms. The van der Waals surface area contributed by atoms with Gasteiger partial charge in [0.2, 0.25) is 0 Å². The fraction of sp³-hybridized carbons (Fsp3) is 0.286. The van der Waals surface area contributed by atoms with Crippen LogP contribution in [0.4, 0.5) is 5.69 Å². The molecular weight excluding hydrogens is 212 g/mol. The number of aromatic amines is 1. The Labute approximate surface area is 84.0 Å². The van der Waals surface area contributed by atoms with Crippen molar-refractivity contribution in [1.29, 1.82) is 0 Å². The Morgan fingerprint density at radius 3 is 2.86 bits per heavy atom. The zero-order valence-corrected chi connectivity index (χ0v) is 8.00. The predicted octanol–water partition coefficient (Wildman–Crippen LogP) is 1.75. The molecule has 0 aliphatic rings. The molecule has 0 amide bonds. The number of esters is 1. The van der Waals surface area contributed by atoms with Crippen LogP contribution in [0, 0.1) is 10.1 Å². The van der Waals surface area contributed by atoms with E-state index in [0.717, 1.165) is 6.07 Å². The smallest absolute Gasteiger partial charge is 0.355 e. The molecule has 0 saturated heterocycles. The van der Waals surface area contributed by atoms with Gasteiger partial charge < -0.3 is 9.72 Å². The third-order valence-electron chi connectivity index (χ3n) is 1.44. The van der Waals surface area contributed by atoms with Crippen molar-refractivity contribution in [3.63, 3.8) is 0 Å². The highest BCUT2D eigenvalue weighted by molar-refractivity contribution is 6.31. The highest BCUT2D eigenvalue weighted by atomic mass is 35.5. The van der Waals surface area contributed by atoms with Gasteiger partial charge in [0.05, 0.1) is 17.6 Å². The molecule has 1 rings (SSSR count). The van der Waals surface area contributed by atoms with E-state index in [4.69, 9.17) is 11.6 Å². The largest absolute Gasteiger partial charge is 0.461 e. The third kappa shape index (κ3) is 2.02. The van der Waals surface area contributed by atoms with Crippen LogP contribution >= 0.6 is 11.6 Å². The highest BCUT2D eigenvalue weighted by Crippen LogP contribution is 2.24. The van der Waals surface area contributed by atoms with Crippen molar-refractivity contribution in [2.75, 3.05) is 6.61 Å². The van der Waals surface area contributed by atoms with Gasteiger partial charge in [-0.1, -0.05) is 11.6 Å². The van der Waals surface area contributed by atoms with Crippen molar-refractivity contribution in [2.24, 2.45) is 0 Å². The van der Waals surface area contributed by atoms with E-state index < -0.39 is 10.9 Å². The van der Waals surface area contributed by atoms with Crippen molar-refractivity contribution >= 4 is 23.3 Å². The number of ether oxygens (including phenoxy) is 1. The Hall–Kier alpha value is -1.56. The minimum Gasteiger partial charge on any atom is -0.461 e. The molecule has 0 spiro atoms. The fourth-order valence-corrected chi connectivity index (χ4v) is 1.10. The van der Waals surface area contributed by atoms with E-state index in [1.54, 1.807) is 6.92 Å². The number of hydrogen-bond acceptors (Lipinski definition) is 4. The molecule has 0 aliphatic carbocycles. The molecule has 0 bridgehead atoms. The van der Waals surface area contributed by atoms with Crippen LogP contribution in [0.2, 0.25) is 5.15 Å². The second-order valence-electron chi connectivity index (χ2n) is 2.36. The standard InChI is InChI=1S/C7H7ClN2O4/c1-2-14-7(11)4-3-5(10(12)13)6(8)9-4/h3,9H,2H2,1H3. The molecule has 0 aliphatic heterocycles. The monoisotopic (exact) mass is 218 g/mol. The number of aromatic nitrogens is 1. The molecule has 1 aromatic heterocycles. The summed E-state index contributed by atoms with van der Waals surface area (Å²) >= 11 is 5.48. The minimum atomic E-state index is -0.679. The summed E-state index contributed by atoms with van der Waals surface area (Å²) < 4.78 is 4.62. The van der Waals surface area contributed by atoms with Crippen molar-refractivity contribution in [1.82, 2.24) is 4.98 Å². The Morgan fingerprint density at radius 1 is 1.79 bits per heavy atom. The lowest BCUT2D eigenvalue weighted by molar-refractivity contribution is -0.384. The number of nitrogens with zero attached hydrogens (tertiary/aromatic N) is 1. The first-order valence-electron chi connectivity index (χ1n) is 3.76. The van der Waals surface area contributed by atoms with Crippen LogP contribution < -0.4 is 0 Å². The Balaban J connectivity index is 2.96. The summed E-state index contributed by atoms with van der Waals surface area (Å²) in [6, 6.07) is 1.04. The molecule has 0 fully saturated rings. The van der Waals surface area contributed by atoms with Crippen molar-refractivity contribution < 1.29 is 14.5 Å². The molecule has 14 heavy (non-hydrogen) atoms. The van der Waals surface area contributed by atoms with Gasteiger partial charge in [0.25, 0.3) is 0 Å². The van der Waals surface area contributed by atoms with Gasteiger partial charge in [-0.3, -0.25) is 10.1 Å². The summed E-state index contributed by atoms with van der Waals surface area (Å²) in [7, 11) is 0. The molecule has 1 aromatic rings. The number of halogens is 1. The molecule has 1 N–H and O–H groups in total. The van der Waals surface area contributed by atoms with E-state index in [1.807, 2.05) is 0 Å². The summed E-state index contributed by atoms with van der Waals surface area (Å²) in [5.41, 5.74) is -0.363. The van der Waals surface area contributed by atoms with Crippen LogP contribution in [0.3, 0.4) is 0 Å². The van der Waals surface area contributed by atoms with Crippen LogP contribution in [0.5, 0.6) is 0 Å². The summed E-state index contributed by atoms with van der Waals surface area (Å²) in [6.45, 7) is 1.83. The van der Waals surface area contributed by atoms with E-state index in [-0.39, 0.29) is 23.1 Å². The summed E-state index contributed by atoms with van der Waals surface area (Å²) in [4.78, 5) is 23.1. The van der Waals surface area contributed by atoms with Gasteiger partial charge >= 0.3 is 11.7 Å². The van der Waals surface area contributed by atoms with E-state index in [1.165, 1.54) is 0 Å². The number of carbonyl (C=O) groups is 1. The quantitative estimate of drug-likeness (QED) is 0.476. The average molecular weight is 219 g/mol. The third-order valence-corrected chi connectivity index (χ3v) is 1.73. The van der Waals surface area contributed by atoms with E-state index in [9.17, 15) is 14.9 Å². The van der Waals surface area contributed by atoms with Gasteiger partial charge in [0.15, 0.2) is 5.15 Å². The van der Waals surface area contributed by atoms with Crippen LogP contribution in [-0.2, 0) is 4.74 Å². The Morgan fingerprint density at radius 2 is 2.43 bits per heavy atom. The van der Waals surface area contributed by atoms with Crippen LogP contribution in [0.15, 0.2) is 6.07 Å². The van der Waals surface area contributed by atoms with Gasteiger partial charge in [0, 0.05) is 0 Å². The minimum absolute atomic E-state index is 0.0245. The topological polar surface area (TPSA) is 85.2 Å². The highest BCUT2D eigenvalue weighted by Gasteiger charge is 2.20. The van der Waals surface area contributed by atoms with Gasteiger partial charge in [0.1, 0.15) is 5.69 Å². The number of nitro groups is 1. The fourth-order valence-electron chi connectivity index (χ4n) is 0.870. The second-order valence-corrected chi connectivity index (χ2v) is 2.74. The first-order valence-corrected chi connectivity index (χ1v) is 4.14. The van der Waals surface area contributed by atoms with Gasteiger partial charge in [-0.2, -0.15) is 0 Å². The number of nitrogens with one attached hydrogen (secondary N) is 1. The number of carbonyl (C=O) groups excluding carboxylic acids is 1. The predicted molar refractivity (Wildman–Crippen MR) is 48.4 cm³/mol. The first-order chi connectivity index (χ1) is 6.56. The maximum atomic E-state index is 11.1. The lowest BCUT2D eigenvalue weighted by Crippen LogP contribution is -2.04. The second kappa shape index (κ2) is 4.10. The number of hydrogen-bond donors (Lipinski definition) is 1. The Bertz CT molecular complexity index is 374. The van der Waals surface area contributed by atoms with Gasteiger partial charge in [-0.05, 0) is 6.92 Å². The van der Waals surface area contributed by atoms with E-state index in [2.05, 4.69) is 9.72 Å². The Kier molecular flexibility index (Phi) is 3.08. The molecular formula is C7H7ClN2O4. The maximum Gasteiger partial charge on any atom is 0.355 e. The van der Waals surface area contributed by atoms with E-state index in [0.29, 0.717) is 0 Å². The zero-order chi connectivity index (χ0) is 10.7. The summed E-state index contributed by atoms with van der Waals surface area (Å²) in [5, 5.41) is 10.2. The van der Waals surface area contributed by atoms with Crippen LogP contribution in [0.25, 0.3) is 0 Å². The zero-order valence-electron chi connectivity index (χ0n) is 7.24. The normalized spacial score (nSPS) is 9.86. The lowest BCUT2D eigenvalue weighted by Gasteiger charge is -1.96. The average Bonchev–Trinajstić information content (AvgIpc) is 2.48. The molecule has 0 radical (unpaired) electrons. The first kappa shape index (κ1) is 10.5. The molecule has 0 saturated carbocycles. The van der Waals surface area contributed by atoms with Crippen LogP contribution in [0.1, 0.15) is 17.4 Å². The van der Waals surface area contributed by atoms with Crippen LogP contribution in [-0.4, -0.2) is 22.5 Å². The van der Waals surface area contributed by atoms with E-state index >= 15 is 0 Å². The molecule has 0 aromatic carbocycles. The number of H-pyrrole nitrogens is 1. The summed E-state index contributed by atoms with van der Waals surface area (Å²) in [6.07, 6.45) is 0. The summed E-state index contributed by atoms with van der Waals surface area (Å²) in [5.74, 6) is -0.664. The van der Waals surface area contributed by atoms with Crippen molar-refractivity contribution in [3.05, 3.63) is 27.0 Å². The lowest BCUT2D eigenvalue weighted by atomic mass is 10.4. The SMILES string of the molecule is CCOC(=O)c1cc([N+](=O)[O-])c(Cl)[nH]1. The molecule has 0 atom stereocenters. The van der Waals surface area contributed by atoms with Crippen molar-refractivity contribution in [3.8, 4) is 0 Å². The van der Waals surface area contributed by atoms with Gasteiger partial charge in [-0.25, -0.2) is 4.79 Å². The molecule has 6 nitrogen and oxygen atoms in total. The van der Waals surface area contributed by atoms with Crippen molar-refractivity contribution in [2.45, 2.75) is 6.92 Å². The molecule has 76 valence electrons. The maximum absolute atomic E-state index is 11.1. The van der Waals surface area contributed by atoms with Gasteiger partial charge in [-0.15, -0.1) is 0 Å². The molecule has 0 unspecified atom stereocenters. The molecule has 1 heterocycles. The number of rotatable bonds is 3.